The standard InChI is InChI=1S/C16H16N6O/c1-9(23)11-4-2-3-10(7-11)5-6-12-8-19-15-13(20-12)14(17)21-16(18)22-15/h2-4,7-8H,5-6H2,1H3,(H4,17,18,19,21,22). The molecular formula is C16H16N6O. The normalized spacial score (nSPS) is 10.8. The molecule has 4 N–H and O–H groups in total. The van der Waals surface area contributed by atoms with Gasteiger partial charge in [-0.3, -0.25) is 4.79 Å². The smallest absolute Gasteiger partial charge is 0.224 e. The van der Waals surface area contributed by atoms with Crippen LogP contribution in [-0.2, 0) is 12.8 Å². The van der Waals surface area contributed by atoms with Crippen LogP contribution < -0.4 is 11.5 Å². The van der Waals surface area contributed by atoms with Crippen molar-refractivity contribution < 1.29 is 4.79 Å². The fraction of sp³-hybridized carbons (Fsp3) is 0.188. The van der Waals surface area contributed by atoms with Gasteiger partial charge in [0.15, 0.2) is 22.8 Å². The van der Waals surface area contributed by atoms with Crippen molar-refractivity contribution in [3.8, 4) is 0 Å². The van der Waals surface area contributed by atoms with E-state index >= 15 is 0 Å². The summed E-state index contributed by atoms with van der Waals surface area (Å²) in [6, 6.07) is 7.57. The molecule has 0 radical (unpaired) electrons. The predicted octanol–water partition coefficient (Wildman–Crippen LogP) is 1.57. The number of nitrogens with zero attached hydrogens (tertiary/aromatic N) is 4. The van der Waals surface area contributed by atoms with Crippen molar-refractivity contribution in [1.82, 2.24) is 19.9 Å². The van der Waals surface area contributed by atoms with Gasteiger partial charge in [-0.2, -0.15) is 9.97 Å². The molecule has 0 amide bonds. The molecule has 0 bridgehead atoms. The van der Waals surface area contributed by atoms with E-state index in [4.69, 9.17) is 11.5 Å². The number of anilines is 2. The first-order valence-electron chi connectivity index (χ1n) is 7.17. The Balaban J connectivity index is 1.82. The second-order valence-corrected chi connectivity index (χ2v) is 5.26. The minimum Gasteiger partial charge on any atom is -0.382 e. The highest BCUT2D eigenvalue weighted by molar-refractivity contribution is 5.94. The Kier molecular flexibility index (Phi) is 3.84. The number of hydrogen-bond acceptors (Lipinski definition) is 7. The number of nitrogens with two attached hydrogens (primary N) is 2. The molecule has 0 saturated carbocycles. The van der Waals surface area contributed by atoms with Crippen molar-refractivity contribution in [2.24, 2.45) is 0 Å². The minimum absolute atomic E-state index is 0.0554. The van der Waals surface area contributed by atoms with Gasteiger partial charge in [0.25, 0.3) is 0 Å². The van der Waals surface area contributed by atoms with Crippen LogP contribution in [-0.4, -0.2) is 25.7 Å². The number of rotatable bonds is 4. The number of Topliss-reactive ketones (excluding diaryl/α,β-unsaturated/α-hetero) is 1. The lowest BCUT2D eigenvalue weighted by molar-refractivity contribution is 0.101. The lowest BCUT2D eigenvalue weighted by atomic mass is 10.0. The first-order chi connectivity index (χ1) is 11.0. The van der Waals surface area contributed by atoms with Crippen LogP contribution in [0.1, 0.15) is 28.5 Å². The molecule has 2 heterocycles. The Morgan fingerprint density at radius 3 is 2.74 bits per heavy atom. The summed E-state index contributed by atoms with van der Waals surface area (Å²) in [6.07, 6.45) is 3.08. The lowest BCUT2D eigenvalue weighted by Gasteiger charge is -2.05. The van der Waals surface area contributed by atoms with E-state index in [1.54, 1.807) is 13.1 Å². The van der Waals surface area contributed by atoms with Crippen LogP contribution in [0.3, 0.4) is 0 Å². The maximum Gasteiger partial charge on any atom is 0.224 e. The topological polar surface area (TPSA) is 121 Å². The number of nitrogen functional groups attached to an aromatic ring is 2. The Morgan fingerprint density at radius 2 is 1.96 bits per heavy atom. The summed E-state index contributed by atoms with van der Waals surface area (Å²) in [5, 5.41) is 0. The predicted molar refractivity (Wildman–Crippen MR) is 87.8 cm³/mol. The second-order valence-electron chi connectivity index (χ2n) is 5.26. The van der Waals surface area contributed by atoms with Gasteiger partial charge in [-0.25, -0.2) is 9.97 Å². The van der Waals surface area contributed by atoms with E-state index in [2.05, 4.69) is 19.9 Å². The third-order valence-corrected chi connectivity index (χ3v) is 3.50. The van der Waals surface area contributed by atoms with E-state index in [-0.39, 0.29) is 17.5 Å². The van der Waals surface area contributed by atoms with Crippen molar-refractivity contribution in [1.29, 1.82) is 0 Å². The van der Waals surface area contributed by atoms with Crippen LogP contribution in [0.15, 0.2) is 30.5 Å². The highest BCUT2D eigenvalue weighted by Gasteiger charge is 2.08. The number of benzene rings is 1. The van der Waals surface area contributed by atoms with Crippen molar-refractivity contribution in [2.75, 3.05) is 11.5 Å². The quantitative estimate of drug-likeness (QED) is 0.702. The maximum absolute atomic E-state index is 11.4. The Morgan fingerprint density at radius 1 is 1.13 bits per heavy atom. The Hall–Kier alpha value is -3.09. The molecule has 7 heteroatoms. The van der Waals surface area contributed by atoms with Crippen molar-refractivity contribution in [3.63, 3.8) is 0 Å². The van der Waals surface area contributed by atoms with Crippen LogP contribution in [0, 0.1) is 0 Å². The number of ketones is 1. The van der Waals surface area contributed by atoms with Gasteiger partial charge in [-0.15, -0.1) is 0 Å². The molecule has 3 rings (SSSR count). The van der Waals surface area contributed by atoms with E-state index in [0.29, 0.717) is 23.1 Å². The molecule has 0 aliphatic carbocycles. The van der Waals surface area contributed by atoms with E-state index < -0.39 is 0 Å². The van der Waals surface area contributed by atoms with Crippen LogP contribution in [0.2, 0.25) is 0 Å². The summed E-state index contributed by atoms with van der Waals surface area (Å²) in [5.74, 6) is 0.360. The molecule has 116 valence electrons. The SMILES string of the molecule is CC(=O)c1cccc(CCc2cnc3nc(N)nc(N)c3n2)c1. The van der Waals surface area contributed by atoms with Crippen LogP contribution in [0.25, 0.3) is 11.2 Å². The molecule has 0 fully saturated rings. The summed E-state index contributed by atoms with van der Waals surface area (Å²) in [7, 11) is 0. The van der Waals surface area contributed by atoms with Gasteiger partial charge in [0.05, 0.1) is 11.9 Å². The van der Waals surface area contributed by atoms with Gasteiger partial charge in [0.1, 0.15) is 0 Å². The molecule has 1 aromatic carbocycles. The Labute approximate surface area is 132 Å². The fourth-order valence-corrected chi connectivity index (χ4v) is 2.32. The summed E-state index contributed by atoms with van der Waals surface area (Å²) >= 11 is 0. The van der Waals surface area contributed by atoms with E-state index in [1.165, 1.54) is 0 Å². The average molecular weight is 308 g/mol. The van der Waals surface area contributed by atoms with Gasteiger partial charge in [-0.1, -0.05) is 18.2 Å². The number of aryl methyl sites for hydroxylation is 2. The zero-order chi connectivity index (χ0) is 16.4. The summed E-state index contributed by atoms with van der Waals surface area (Å²) in [5.41, 5.74) is 14.8. The maximum atomic E-state index is 11.4. The molecule has 0 atom stereocenters. The molecule has 0 aliphatic rings. The fourth-order valence-electron chi connectivity index (χ4n) is 2.32. The summed E-state index contributed by atoms with van der Waals surface area (Å²) in [4.78, 5) is 28.0. The molecule has 23 heavy (non-hydrogen) atoms. The van der Waals surface area contributed by atoms with Crippen molar-refractivity contribution in [3.05, 3.63) is 47.3 Å². The van der Waals surface area contributed by atoms with Crippen molar-refractivity contribution >= 4 is 28.7 Å². The zero-order valence-corrected chi connectivity index (χ0v) is 12.7. The second kappa shape index (κ2) is 5.96. The first-order valence-corrected chi connectivity index (χ1v) is 7.17. The average Bonchev–Trinajstić information content (AvgIpc) is 2.53. The number of aromatic nitrogens is 4. The zero-order valence-electron chi connectivity index (χ0n) is 12.7. The highest BCUT2D eigenvalue weighted by Crippen LogP contribution is 2.16. The first kappa shape index (κ1) is 14.8. The van der Waals surface area contributed by atoms with Gasteiger partial charge >= 0.3 is 0 Å². The Bertz CT molecular complexity index is 893. The third kappa shape index (κ3) is 3.23. The molecule has 0 unspecified atom stereocenters. The molecule has 0 aliphatic heterocycles. The van der Waals surface area contributed by atoms with E-state index in [9.17, 15) is 4.79 Å². The minimum atomic E-state index is 0.0554. The van der Waals surface area contributed by atoms with Gasteiger partial charge in [-0.05, 0) is 31.4 Å². The van der Waals surface area contributed by atoms with Crippen LogP contribution in [0.4, 0.5) is 11.8 Å². The largest absolute Gasteiger partial charge is 0.382 e. The third-order valence-electron chi connectivity index (χ3n) is 3.50. The van der Waals surface area contributed by atoms with E-state index in [1.807, 2.05) is 24.3 Å². The summed E-state index contributed by atoms with van der Waals surface area (Å²) in [6.45, 7) is 1.56. The van der Waals surface area contributed by atoms with Crippen molar-refractivity contribution in [2.45, 2.75) is 19.8 Å². The van der Waals surface area contributed by atoms with Gasteiger partial charge in [0.2, 0.25) is 5.95 Å². The molecule has 3 aromatic rings. The molecular weight excluding hydrogens is 292 g/mol. The highest BCUT2D eigenvalue weighted by atomic mass is 16.1. The molecule has 7 nitrogen and oxygen atoms in total. The molecule has 0 spiro atoms. The molecule has 2 aromatic heterocycles. The van der Waals surface area contributed by atoms with E-state index in [0.717, 1.165) is 17.7 Å². The molecule has 0 saturated heterocycles. The lowest BCUT2D eigenvalue weighted by Crippen LogP contribution is -2.05. The number of carbonyl (C=O) groups excluding carboxylic acids is 1. The van der Waals surface area contributed by atoms with Gasteiger partial charge in [0, 0.05) is 5.56 Å². The summed E-state index contributed by atoms with van der Waals surface area (Å²) < 4.78 is 0. The van der Waals surface area contributed by atoms with Crippen LogP contribution in [0.5, 0.6) is 0 Å². The number of carbonyl (C=O) groups is 1. The monoisotopic (exact) mass is 308 g/mol. The number of hydrogen-bond donors (Lipinski definition) is 2. The van der Waals surface area contributed by atoms with Crippen LogP contribution >= 0.6 is 0 Å². The van der Waals surface area contributed by atoms with Gasteiger partial charge < -0.3 is 11.5 Å². The number of fused-ring (bicyclic) bond motifs is 1.